The first-order chi connectivity index (χ1) is 8.31. The van der Waals surface area contributed by atoms with Gasteiger partial charge in [-0.05, 0) is 12.5 Å². The summed E-state index contributed by atoms with van der Waals surface area (Å²) >= 11 is 0. The molecule has 0 radical (unpaired) electrons. The summed E-state index contributed by atoms with van der Waals surface area (Å²) in [5.41, 5.74) is 7.15. The van der Waals surface area contributed by atoms with Crippen molar-refractivity contribution in [2.24, 2.45) is 10.7 Å². The van der Waals surface area contributed by atoms with E-state index in [-0.39, 0.29) is 0 Å². The van der Waals surface area contributed by atoms with Gasteiger partial charge in [0.1, 0.15) is 12.4 Å². The molecule has 17 heavy (non-hydrogen) atoms. The first kappa shape index (κ1) is 11.8. The van der Waals surface area contributed by atoms with Gasteiger partial charge >= 0.3 is 0 Å². The quantitative estimate of drug-likeness (QED) is 0.623. The maximum atomic E-state index is 5.98. The van der Waals surface area contributed by atoms with E-state index in [9.17, 15) is 0 Å². The lowest BCUT2D eigenvalue weighted by Gasteiger charge is -2.20. The summed E-state index contributed by atoms with van der Waals surface area (Å²) < 4.78 is 5.68. The second-order valence-electron chi connectivity index (χ2n) is 4.12. The van der Waals surface area contributed by atoms with Crippen molar-refractivity contribution in [1.29, 1.82) is 0 Å². The smallest absolute Gasteiger partial charge is 0.191 e. The lowest BCUT2D eigenvalue weighted by atomic mass is 10.2. The molecular formula is C13H19N3O. The van der Waals surface area contributed by atoms with E-state index in [0.29, 0.717) is 12.6 Å². The number of para-hydroxylation sites is 1. The van der Waals surface area contributed by atoms with E-state index in [0.717, 1.165) is 31.8 Å². The Hall–Kier alpha value is -1.71. The van der Waals surface area contributed by atoms with E-state index in [1.807, 2.05) is 18.2 Å². The van der Waals surface area contributed by atoms with Crippen molar-refractivity contribution < 1.29 is 4.74 Å². The van der Waals surface area contributed by atoms with Gasteiger partial charge in [0.25, 0.3) is 0 Å². The molecule has 0 saturated heterocycles. The van der Waals surface area contributed by atoms with Gasteiger partial charge in [-0.25, -0.2) is 0 Å². The highest BCUT2D eigenvalue weighted by atomic mass is 16.5. The van der Waals surface area contributed by atoms with Crippen LogP contribution in [0, 0.1) is 0 Å². The molecule has 0 unspecified atom stereocenters. The highest BCUT2D eigenvalue weighted by Crippen LogP contribution is 2.22. The van der Waals surface area contributed by atoms with Crippen LogP contribution in [0.25, 0.3) is 0 Å². The Bertz CT molecular complexity index is 403. The largest absolute Gasteiger partial charge is 0.491 e. The number of nitrogens with zero attached hydrogens (tertiary/aromatic N) is 2. The minimum Gasteiger partial charge on any atom is -0.491 e. The van der Waals surface area contributed by atoms with E-state index in [4.69, 9.17) is 10.5 Å². The van der Waals surface area contributed by atoms with Crippen LogP contribution in [0.3, 0.4) is 0 Å². The van der Waals surface area contributed by atoms with Crippen molar-refractivity contribution in [3.05, 3.63) is 29.8 Å². The Labute approximate surface area is 102 Å². The van der Waals surface area contributed by atoms with Crippen molar-refractivity contribution in [2.45, 2.75) is 19.9 Å². The van der Waals surface area contributed by atoms with Crippen molar-refractivity contribution in [3.63, 3.8) is 0 Å². The minimum atomic E-state index is 0.618. The lowest BCUT2D eigenvalue weighted by molar-refractivity contribution is 0.288. The zero-order chi connectivity index (χ0) is 12.1. The molecule has 0 atom stereocenters. The van der Waals surface area contributed by atoms with Crippen molar-refractivity contribution in [1.82, 2.24) is 4.90 Å². The average Bonchev–Trinajstić information content (AvgIpc) is 2.58. The molecule has 4 nitrogen and oxygen atoms in total. The van der Waals surface area contributed by atoms with Crippen LogP contribution >= 0.6 is 0 Å². The molecule has 0 saturated carbocycles. The molecular weight excluding hydrogens is 214 g/mol. The van der Waals surface area contributed by atoms with Gasteiger partial charge in [-0.1, -0.05) is 25.1 Å². The summed E-state index contributed by atoms with van der Waals surface area (Å²) in [6.07, 6.45) is 1.02. The molecule has 92 valence electrons. The Morgan fingerprint density at radius 1 is 1.47 bits per heavy atom. The summed E-state index contributed by atoms with van der Waals surface area (Å²) in [5.74, 6) is 1.57. The van der Waals surface area contributed by atoms with Gasteiger partial charge in [-0.15, -0.1) is 0 Å². The maximum Gasteiger partial charge on any atom is 0.191 e. The molecule has 2 rings (SSSR count). The van der Waals surface area contributed by atoms with E-state index in [1.54, 1.807) is 0 Å². The fraction of sp³-hybridized carbons (Fsp3) is 0.462. The fourth-order valence-corrected chi connectivity index (χ4v) is 1.85. The van der Waals surface area contributed by atoms with Gasteiger partial charge in [0.15, 0.2) is 5.96 Å². The lowest BCUT2D eigenvalue weighted by Crippen LogP contribution is -2.38. The Balaban J connectivity index is 2.13. The predicted octanol–water partition coefficient (Wildman–Crippen LogP) is 1.61. The molecule has 0 fully saturated rings. The molecule has 0 aliphatic carbocycles. The Morgan fingerprint density at radius 3 is 3.12 bits per heavy atom. The van der Waals surface area contributed by atoms with Gasteiger partial charge in [0.05, 0.1) is 6.54 Å². The SMILES string of the molecule is CCCN=C(N)N1CCOc2ccccc2C1. The number of guanidine groups is 1. The second-order valence-corrected chi connectivity index (χ2v) is 4.12. The highest BCUT2D eigenvalue weighted by Gasteiger charge is 2.15. The third-order valence-electron chi connectivity index (χ3n) is 2.77. The third-order valence-corrected chi connectivity index (χ3v) is 2.77. The summed E-state index contributed by atoms with van der Waals surface area (Å²) in [4.78, 5) is 6.42. The Kier molecular flexibility index (Phi) is 3.85. The summed E-state index contributed by atoms with van der Waals surface area (Å²) in [6, 6.07) is 8.08. The van der Waals surface area contributed by atoms with Crippen LogP contribution in [0.2, 0.25) is 0 Å². The van der Waals surface area contributed by atoms with Gasteiger partial charge in [-0.3, -0.25) is 4.99 Å². The number of fused-ring (bicyclic) bond motifs is 1. The number of nitrogens with two attached hydrogens (primary N) is 1. The van der Waals surface area contributed by atoms with E-state index >= 15 is 0 Å². The fourth-order valence-electron chi connectivity index (χ4n) is 1.85. The van der Waals surface area contributed by atoms with Crippen LogP contribution in [0.4, 0.5) is 0 Å². The van der Waals surface area contributed by atoms with Gasteiger partial charge in [0.2, 0.25) is 0 Å². The van der Waals surface area contributed by atoms with Crippen LogP contribution in [0.15, 0.2) is 29.3 Å². The molecule has 0 amide bonds. The van der Waals surface area contributed by atoms with E-state index in [1.165, 1.54) is 5.56 Å². The molecule has 2 N–H and O–H groups in total. The highest BCUT2D eigenvalue weighted by molar-refractivity contribution is 5.78. The molecule has 0 aromatic heterocycles. The summed E-state index contributed by atoms with van der Waals surface area (Å²) in [5, 5.41) is 0. The molecule has 1 aromatic carbocycles. The number of benzene rings is 1. The normalized spacial score (nSPS) is 16.1. The zero-order valence-electron chi connectivity index (χ0n) is 10.2. The molecule has 1 aliphatic heterocycles. The summed E-state index contributed by atoms with van der Waals surface area (Å²) in [7, 11) is 0. The zero-order valence-corrected chi connectivity index (χ0v) is 10.2. The number of ether oxygens (including phenoxy) is 1. The maximum absolute atomic E-state index is 5.98. The van der Waals surface area contributed by atoms with Crippen LogP contribution in [-0.4, -0.2) is 30.6 Å². The average molecular weight is 233 g/mol. The molecule has 1 aromatic rings. The third kappa shape index (κ3) is 2.90. The van der Waals surface area contributed by atoms with Crippen LogP contribution in [0.1, 0.15) is 18.9 Å². The minimum absolute atomic E-state index is 0.618. The second kappa shape index (κ2) is 5.57. The number of hydrogen-bond donors (Lipinski definition) is 1. The number of aliphatic imine (C=N–C) groups is 1. The van der Waals surface area contributed by atoms with Crippen LogP contribution in [0.5, 0.6) is 5.75 Å². The standard InChI is InChI=1S/C13H19N3O/c1-2-7-15-13(14)16-8-9-17-12-6-4-3-5-11(12)10-16/h3-6H,2,7-10H2,1H3,(H2,14,15). The van der Waals surface area contributed by atoms with Crippen molar-refractivity contribution >= 4 is 5.96 Å². The van der Waals surface area contributed by atoms with Crippen molar-refractivity contribution in [2.75, 3.05) is 19.7 Å². The number of rotatable bonds is 2. The van der Waals surface area contributed by atoms with Gasteiger partial charge in [-0.2, -0.15) is 0 Å². The Morgan fingerprint density at radius 2 is 2.29 bits per heavy atom. The number of hydrogen-bond acceptors (Lipinski definition) is 2. The van der Waals surface area contributed by atoms with E-state index in [2.05, 4.69) is 22.9 Å². The van der Waals surface area contributed by atoms with Crippen LogP contribution in [-0.2, 0) is 6.54 Å². The first-order valence-electron chi connectivity index (χ1n) is 6.07. The molecule has 0 bridgehead atoms. The summed E-state index contributed by atoms with van der Waals surface area (Å²) in [6.45, 7) is 5.09. The predicted molar refractivity (Wildman–Crippen MR) is 69.1 cm³/mol. The van der Waals surface area contributed by atoms with Gasteiger partial charge in [0, 0.05) is 18.7 Å². The van der Waals surface area contributed by atoms with Crippen LogP contribution < -0.4 is 10.5 Å². The van der Waals surface area contributed by atoms with Gasteiger partial charge < -0.3 is 15.4 Å². The van der Waals surface area contributed by atoms with E-state index < -0.39 is 0 Å². The molecule has 4 heteroatoms. The molecule has 1 heterocycles. The monoisotopic (exact) mass is 233 g/mol. The topological polar surface area (TPSA) is 50.8 Å². The molecule has 0 spiro atoms. The molecule has 1 aliphatic rings. The van der Waals surface area contributed by atoms with Crippen molar-refractivity contribution in [3.8, 4) is 5.75 Å². The first-order valence-corrected chi connectivity index (χ1v) is 6.07.